The second-order valence-corrected chi connectivity index (χ2v) is 3.57. The van der Waals surface area contributed by atoms with E-state index in [-0.39, 0.29) is 29.6 Å². The summed E-state index contributed by atoms with van der Waals surface area (Å²) in [5.74, 6) is 0. The first-order valence-electron chi connectivity index (χ1n) is 3.68. The van der Waals surface area contributed by atoms with Gasteiger partial charge >= 0.3 is 29.6 Å². The number of rotatable bonds is 3. The van der Waals surface area contributed by atoms with E-state index in [1.807, 2.05) is 0 Å². The van der Waals surface area contributed by atoms with Crippen LogP contribution in [0, 0.1) is 0 Å². The van der Waals surface area contributed by atoms with Crippen LogP contribution in [0.3, 0.4) is 0 Å². The van der Waals surface area contributed by atoms with Gasteiger partial charge in [0, 0.05) is 0 Å². The number of hydrogen-bond donors (Lipinski definition) is 0. The SMILES string of the molecule is C[C@@H](OS(=O)(=O)[O-])c1ccccc1.[Na+]. The molecule has 0 amide bonds. The summed E-state index contributed by atoms with van der Waals surface area (Å²) in [5.41, 5.74) is 0.655. The zero-order valence-electron chi connectivity index (χ0n) is 8.01. The van der Waals surface area contributed by atoms with Crippen molar-refractivity contribution in [3.8, 4) is 0 Å². The van der Waals surface area contributed by atoms with E-state index in [1.165, 1.54) is 6.92 Å². The van der Waals surface area contributed by atoms with Gasteiger partial charge in [-0.2, -0.15) is 0 Å². The van der Waals surface area contributed by atoms with Gasteiger partial charge in [0.15, 0.2) is 0 Å². The van der Waals surface area contributed by atoms with E-state index in [4.69, 9.17) is 0 Å². The van der Waals surface area contributed by atoms with Crippen LogP contribution in [-0.2, 0) is 14.6 Å². The molecule has 0 N–H and O–H groups in total. The summed E-state index contributed by atoms with van der Waals surface area (Å²) < 4.78 is 35.0. The maximum atomic E-state index is 10.2. The molecular weight excluding hydrogens is 215 g/mol. The molecule has 0 saturated heterocycles. The Balaban J connectivity index is 0.00000169. The van der Waals surface area contributed by atoms with Gasteiger partial charge in [-0.15, -0.1) is 0 Å². The predicted molar refractivity (Wildman–Crippen MR) is 45.6 cm³/mol. The fourth-order valence-electron chi connectivity index (χ4n) is 0.956. The van der Waals surface area contributed by atoms with Gasteiger partial charge < -0.3 is 4.55 Å². The van der Waals surface area contributed by atoms with E-state index in [1.54, 1.807) is 30.3 Å². The van der Waals surface area contributed by atoms with Crippen molar-refractivity contribution in [1.29, 1.82) is 0 Å². The summed E-state index contributed by atoms with van der Waals surface area (Å²) in [6.45, 7) is 1.50. The van der Waals surface area contributed by atoms with E-state index in [0.29, 0.717) is 5.56 Å². The maximum Gasteiger partial charge on any atom is 1.00 e. The number of benzene rings is 1. The Morgan fingerprint density at radius 2 is 1.79 bits per heavy atom. The van der Waals surface area contributed by atoms with Crippen LogP contribution in [-0.4, -0.2) is 13.0 Å². The van der Waals surface area contributed by atoms with Gasteiger partial charge in [-0.1, -0.05) is 30.3 Å². The molecule has 0 saturated carbocycles. The Labute approximate surface area is 106 Å². The van der Waals surface area contributed by atoms with Gasteiger partial charge in [0.25, 0.3) is 0 Å². The van der Waals surface area contributed by atoms with Crippen molar-refractivity contribution in [2.45, 2.75) is 13.0 Å². The first-order chi connectivity index (χ1) is 5.99. The van der Waals surface area contributed by atoms with E-state index < -0.39 is 16.5 Å². The smallest absolute Gasteiger partial charge is 0.726 e. The molecule has 6 heteroatoms. The quantitative estimate of drug-likeness (QED) is 0.346. The molecule has 0 aliphatic heterocycles. The summed E-state index contributed by atoms with van der Waals surface area (Å²) in [6.07, 6.45) is -0.733. The molecule has 0 radical (unpaired) electrons. The molecule has 0 heterocycles. The first-order valence-corrected chi connectivity index (χ1v) is 5.01. The summed E-state index contributed by atoms with van der Waals surface area (Å²) >= 11 is 0. The molecule has 72 valence electrons. The third-order valence-electron chi connectivity index (χ3n) is 1.53. The standard InChI is InChI=1S/C8H10O4S.Na/c1-7(12-13(9,10)11)8-5-3-2-4-6-8;/h2-7H,1H3,(H,9,10,11);/q;+1/p-1/t7-;/m1./s1. The Hall–Kier alpha value is 0.0900. The summed E-state index contributed by atoms with van der Waals surface area (Å²) in [7, 11) is -4.62. The van der Waals surface area contributed by atoms with Crippen molar-refractivity contribution in [2.75, 3.05) is 0 Å². The Kier molecular flexibility index (Phi) is 5.88. The molecule has 0 bridgehead atoms. The zero-order valence-corrected chi connectivity index (χ0v) is 10.8. The monoisotopic (exact) mass is 224 g/mol. The Morgan fingerprint density at radius 3 is 2.21 bits per heavy atom. The summed E-state index contributed by atoms with van der Waals surface area (Å²) in [5, 5.41) is 0. The average Bonchev–Trinajstić information content (AvgIpc) is 2.03. The molecule has 0 spiro atoms. The molecule has 0 aliphatic rings. The Morgan fingerprint density at radius 1 is 1.29 bits per heavy atom. The first kappa shape index (κ1) is 14.1. The fourth-order valence-corrected chi connectivity index (χ4v) is 1.42. The van der Waals surface area contributed by atoms with Crippen LogP contribution in [0.4, 0.5) is 0 Å². The van der Waals surface area contributed by atoms with E-state index >= 15 is 0 Å². The van der Waals surface area contributed by atoms with Gasteiger partial charge in [0.2, 0.25) is 10.4 Å². The molecule has 4 nitrogen and oxygen atoms in total. The third-order valence-corrected chi connectivity index (χ3v) is 2.06. The molecule has 14 heavy (non-hydrogen) atoms. The van der Waals surface area contributed by atoms with Crippen LogP contribution in [0.1, 0.15) is 18.6 Å². The van der Waals surface area contributed by atoms with Crippen LogP contribution in [0.25, 0.3) is 0 Å². The molecular formula is C8H9NaO4S. The maximum absolute atomic E-state index is 10.2. The minimum absolute atomic E-state index is 0. The van der Waals surface area contributed by atoms with E-state index in [0.717, 1.165) is 0 Å². The van der Waals surface area contributed by atoms with Crippen molar-refractivity contribution in [2.24, 2.45) is 0 Å². The molecule has 1 aromatic carbocycles. The van der Waals surface area contributed by atoms with Gasteiger partial charge in [0.1, 0.15) is 0 Å². The molecule has 1 aromatic rings. The van der Waals surface area contributed by atoms with Crippen LogP contribution in [0.5, 0.6) is 0 Å². The fraction of sp³-hybridized carbons (Fsp3) is 0.250. The molecule has 1 atom stereocenters. The molecule has 0 aromatic heterocycles. The van der Waals surface area contributed by atoms with Gasteiger partial charge in [0.05, 0.1) is 6.10 Å². The van der Waals surface area contributed by atoms with Crippen molar-refractivity contribution < 1.29 is 46.7 Å². The largest absolute Gasteiger partial charge is 1.00 e. The van der Waals surface area contributed by atoms with Gasteiger partial charge in [-0.3, -0.25) is 4.18 Å². The average molecular weight is 224 g/mol. The molecule has 0 fully saturated rings. The van der Waals surface area contributed by atoms with Crippen molar-refractivity contribution in [3.05, 3.63) is 35.9 Å². The van der Waals surface area contributed by atoms with E-state index in [9.17, 15) is 13.0 Å². The summed E-state index contributed by atoms with van der Waals surface area (Å²) in [6, 6.07) is 8.66. The van der Waals surface area contributed by atoms with Gasteiger partial charge in [-0.05, 0) is 12.5 Å². The minimum Gasteiger partial charge on any atom is -0.726 e. The molecule has 0 aliphatic carbocycles. The molecule has 0 unspecified atom stereocenters. The van der Waals surface area contributed by atoms with Gasteiger partial charge in [-0.25, -0.2) is 8.42 Å². The van der Waals surface area contributed by atoms with Crippen molar-refractivity contribution in [3.63, 3.8) is 0 Å². The number of hydrogen-bond acceptors (Lipinski definition) is 4. The second kappa shape index (κ2) is 5.85. The van der Waals surface area contributed by atoms with E-state index in [2.05, 4.69) is 4.18 Å². The van der Waals surface area contributed by atoms with Crippen LogP contribution in [0.15, 0.2) is 30.3 Å². The third kappa shape index (κ3) is 5.09. The summed E-state index contributed by atoms with van der Waals surface area (Å²) in [4.78, 5) is 0. The zero-order chi connectivity index (χ0) is 9.90. The van der Waals surface area contributed by atoms with Crippen LogP contribution < -0.4 is 29.6 Å². The molecule has 1 rings (SSSR count). The van der Waals surface area contributed by atoms with Crippen LogP contribution in [0.2, 0.25) is 0 Å². The predicted octanol–water partition coefficient (Wildman–Crippen LogP) is -1.77. The normalized spacial score (nSPS) is 13.0. The minimum atomic E-state index is -4.62. The topological polar surface area (TPSA) is 66.4 Å². The van der Waals surface area contributed by atoms with Crippen LogP contribution >= 0.6 is 0 Å². The second-order valence-electron chi connectivity index (χ2n) is 2.56. The Bertz CT molecular complexity index is 362. The van der Waals surface area contributed by atoms with Crippen molar-refractivity contribution in [1.82, 2.24) is 0 Å². The van der Waals surface area contributed by atoms with Crippen molar-refractivity contribution >= 4 is 10.4 Å².